The van der Waals surface area contributed by atoms with Gasteiger partial charge in [-0.3, -0.25) is 19.1 Å². The lowest BCUT2D eigenvalue weighted by atomic mass is 9.93. The van der Waals surface area contributed by atoms with Crippen molar-refractivity contribution in [3.05, 3.63) is 105 Å². The van der Waals surface area contributed by atoms with Gasteiger partial charge >= 0.3 is 0 Å². The minimum Gasteiger partial charge on any atom is -0.324 e. The van der Waals surface area contributed by atoms with Gasteiger partial charge in [0.1, 0.15) is 0 Å². The van der Waals surface area contributed by atoms with E-state index < -0.39 is 0 Å². The maximum absolute atomic E-state index is 13.7. The van der Waals surface area contributed by atoms with Crippen LogP contribution in [-0.4, -0.2) is 35.4 Å². The molecule has 3 aromatic heterocycles. The smallest absolute Gasteiger partial charge is 0.254 e. The molecule has 5 aromatic rings. The molecule has 1 amide bonds. The first-order valence-electron chi connectivity index (χ1n) is 13.3. The predicted octanol–water partition coefficient (Wildman–Crippen LogP) is 6.86. The van der Waals surface area contributed by atoms with Gasteiger partial charge in [0.25, 0.3) is 5.56 Å². The topological polar surface area (TPSA) is 108 Å². The number of aromatic nitrogens is 6. The van der Waals surface area contributed by atoms with Crippen LogP contribution in [0.4, 0.5) is 5.69 Å². The number of nitrogens with one attached hydrogen (secondary N) is 1. The number of pyridine rings is 1. The summed E-state index contributed by atoms with van der Waals surface area (Å²) in [6, 6.07) is 14.2. The van der Waals surface area contributed by atoms with Crippen molar-refractivity contribution in [3.63, 3.8) is 0 Å². The van der Waals surface area contributed by atoms with Gasteiger partial charge in [0.15, 0.2) is 5.15 Å². The summed E-state index contributed by atoms with van der Waals surface area (Å²) in [7, 11) is 0. The summed E-state index contributed by atoms with van der Waals surface area (Å²) >= 11 is 18.9. The molecule has 212 valence electrons. The Morgan fingerprint density at radius 3 is 2.64 bits per heavy atom. The van der Waals surface area contributed by atoms with Gasteiger partial charge in [-0.1, -0.05) is 71.6 Å². The van der Waals surface area contributed by atoms with Crippen LogP contribution in [0.5, 0.6) is 0 Å². The number of carbonyl (C=O) groups is 1. The highest BCUT2D eigenvalue weighted by molar-refractivity contribution is 6.34. The van der Waals surface area contributed by atoms with Crippen LogP contribution >= 0.6 is 34.8 Å². The van der Waals surface area contributed by atoms with E-state index >= 15 is 0 Å². The molecule has 4 heterocycles. The molecule has 0 aliphatic carbocycles. The number of fused-ring (bicyclic) bond motifs is 4. The van der Waals surface area contributed by atoms with E-state index in [2.05, 4.69) is 25.6 Å². The Balaban J connectivity index is 1.45. The van der Waals surface area contributed by atoms with Crippen LogP contribution in [0.2, 0.25) is 15.2 Å². The van der Waals surface area contributed by atoms with Gasteiger partial charge in [0.05, 0.1) is 46.9 Å². The minimum atomic E-state index is -0.328. The first-order chi connectivity index (χ1) is 20.3. The van der Waals surface area contributed by atoms with E-state index in [4.69, 9.17) is 34.8 Å². The van der Waals surface area contributed by atoms with E-state index in [1.807, 2.05) is 31.2 Å². The summed E-state index contributed by atoms with van der Waals surface area (Å²) < 4.78 is 3.14. The number of hydrogen-bond acceptors (Lipinski definition) is 6. The third-order valence-electron chi connectivity index (χ3n) is 7.40. The van der Waals surface area contributed by atoms with E-state index in [1.165, 1.54) is 10.7 Å². The van der Waals surface area contributed by atoms with Crippen molar-refractivity contribution in [2.75, 3.05) is 5.32 Å². The average molecular weight is 621 g/mol. The number of benzene rings is 2. The number of halogens is 3. The Labute approximate surface area is 256 Å². The second-order valence-electron chi connectivity index (χ2n) is 10.2. The van der Waals surface area contributed by atoms with Crippen molar-refractivity contribution >= 4 is 46.4 Å². The van der Waals surface area contributed by atoms with Gasteiger partial charge in [-0.25, -0.2) is 9.67 Å². The Morgan fingerprint density at radius 1 is 1.00 bits per heavy atom. The molecule has 2 bridgehead atoms. The largest absolute Gasteiger partial charge is 0.324 e. The van der Waals surface area contributed by atoms with Gasteiger partial charge in [-0.15, -0.1) is 5.10 Å². The fraction of sp³-hybridized carbons (Fsp3) is 0.200. The van der Waals surface area contributed by atoms with E-state index in [9.17, 15) is 9.59 Å². The van der Waals surface area contributed by atoms with Crippen molar-refractivity contribution in [2.24, 2.45) is 5.92 Å². The fourth-order valence-corrected chi connectivity index (χ4v) is 5.83. The van der Waals surface area contributed by atoms with Crippen LogP contribution in [0.25, 0.3) is 28.1 Å². The Morgan fingerprint density at radius 2 is 1.86 bits per heavy atom. The van der Waals surface area contributed by atoms with Crippen LogP contribution < -0.4 is 10.9 Å². The molecular weight excluding hydrogens is 597 g/mol. The van der Waals surface area contributed by atoms with Crippen LogP contribution in [0, 0.1) is 5.92 Å². The zero-order chi connectivity index (χ0) is 29.4. The first kappa shape index (κ1) is 28.1. The summed E-state index contributed by atoms with van der Waals surface area (Å²) in [5.41, 5.74) is 4.37. The Kier molecular flexibility index (Phi) is 7.81. The SMILES string of the molecule is CC1CCCC(n2cnc(-c3cc(Cl)ccc3-n3cc(Cl)nn3)cc2=O)c2cccc(c2)-c2c(Cl)cncc2NC1=O. The third kappa shape index (κ3) is 5.55. The summed E-state index contributed by atoms with van der Waals surface area (Å²) in [4.78, 5) is 35.6. The molecule has 0 radical (unpaired) electrons. The zero-order valence-electron chi connectivity index (χ0n) is 22.3. The Bertz CT molecular complexity index is 1870. The number of amides is 1. The third-order valence-corrected chi connectivity index (χ3v) is 8.09. The maximum atomic E-state index is 13.7. The zero-order valence-corrected chi connectivity index (χ0v) is 24.6. The van der Waals surface area contributed by atoms with Crippen molar-refractivity contribution in [1.29, 1.82) is 0 Å². The summed E-state index contributed by atoms with van der Waals surface area (Å²) in [5, 5.41) is 12.0. The standard InChI is InChI=1S/C30H24Cl3N7O2/c1-17-4-2-7-25(18-5-3-6-19(10-18)29-22(32)13-34-14-24(29)36-30(17)42)39-16-35-23(12-28(39)41)21-11-20(31)8-9-26(21)40-15-27(33)37-38-40/h3,5-6,8-17,25H,2,4,7H2,1H3,(H,36,42). The van der Waals surface area contributed by atoms with Gasteiger partial charge in [0, 0.05) is 34.3 Å². The van der Waals surface area contributed by atoms with Crippen molar-refractivity contribution < 1.29 is 4.79 Å². The average Bonchev–Trinajstić information content (AvgIpc) is 3.41. The lowest BCUT2D eigenvalue weighted by Crippen LogP contribution is -2.26. The molecule has 0 saturated carbocycles. The molecule has 42 heavy (non-hydrogen) atoms. The van der Waals surface area contributed by atoms with Gasteiger partial charge in [-0.05, 0) is 48.2 Å². The van der Waals surface area contributed by atoms with E-state index in [0.717, 1.165) is 11.1 Å². The molecule has 0 spiro atoms. The molecule has 6 rings (SSSR count). The summed E-state index contributed by atoms with van der Waals surface area (Å²) in [6.45, 7) is 1.89. The summed E-state index contributed by atoms with van der Waals surface area (Å²) in [5.74, 6) is -0.359. The van der Waals surface area contributed by atoms with Gasteiger partial charge in [-0.2, -0.15) is 0 Å². The number of hydrogen-bond donors (Lipinski definition) is 1. The normalized spacial score (nSPS) is 17.1. The monoisotopic (exact) mass is 619 g/mol. The van der Waals surface area contributed by atoms with Crippen molar-refractivity contribution in [1.82, 2.24) is 29.5 Å². The van der Waals surface area contributed by atoms with E-state index in [-0.39, 0.29) is 28.6 Å². The quantitative estimate of drug-likeness (QED) is 0.236. The molecule has 12 heteroatoms. The molecule has 2 atom stereocenters. The maximum Gasteiger partial charge on any atom is 0.254 e. The Hall–Kier alpha value is -4.05. The molecule has 1 N–H and O–H groups in total. The highest BCUT2D eigenvalue weighted by Crippen LogP contribution is 2.37. The highest BCUT2D eigenvalue weighted by atomic mass is 35.5. The van der Waals surface area contributed by atoms with Crippen molar-refractivity contribution in [2.45, 2.75) is 32.2 Å². The fourth-order valence-electron chi connectivity index (χ4n) is 5.26. The molecule has 2 aromatic carbocycles. The molecule has 1 aliphatic heterocycles. The van der Waals surface area contributed by atoms with E-state index in [0.29, 0.717) is 57.5 Å². The van der Waals surface area contributed by atoms with E-state index in [1.54, 1.807) is 47.7 Å². The minimum absolute atomic E-state index is 0.109. The highest BCUT2D eigenvalue weighted by Gasteiger charge is 2.23. The van der Waals surface area contributed by atoms with Crippen LogP contribution in [0.1, 0.15) is 37.8 Å². The van der Waals surface area contributed by atoms with Crippen LogP contribution in [-0.2, 0) is 4.79 Å². The number of rotatable bonds is 3. The van der Waals surface area contributed by atoms with Crippen LogP contribution in [0.15, 0.2) is 78.2 Å². The number of nitrogens with zero attached hydrogens (tertiary/aromatic N) is 6. The molecule has 1 aliphatic rings. The molecule has 9 nitrogen and oxygen atoms in total. The lowest BCUT2D eigenvalue weighted by Gasteiger charge is -2.24. The molecule has 0 saturated heterocycles. The first-order valence-corrected chi connectivity index (χ1v) is 14.4. The predicted molar refractivity (Wildman–Crippen MR) is 163 cm³/mol. The summed E-state index contributed by atoms with van der Waals surface area (Å²) in [6.07, 6.45) is 8.25. The second kappa shape index (κ2) is 11.7. The second-order valence-corrected chi connectivity index (χ2v) is 11.4. The van der Waals surface area contributed by atoms with Crippen LogP contribution in [0.3, 0.4) is 0 Å². The van der Waals surface area contributed by atoms with Crippen molar-refractivity contribution in [3.8, 4) is 28.1 Å². The molecule has 2 unspecified atom stereocenters. The molecular formula is C30H24Cl3N7O2. The molecule has 0 fully saturated rings. The number of anilines is 1. The van der Waals surface area contributed by atoms with Gasteiger partial charge in [0.2, 0.25) is 5.91 Å². The van der Waals surface area contributed by atoms with Gasteiger partial charge < -0.3 is 5.32 Å². The lowest BCUT2D eigenvalue weighted by molar-refractivity contribution is -0.119. The number of carbonyl (C=O) groups excluding carboxylic acids is 1.